The second-order valence-electron chi connectivity index (χ2n) is 6.26. The predicted octanol–water partition coefficient (Wildman–Crippen LogP) is 1.26. The molecule has 9 heteroatoms. The molecule has 0 bridgehead atoms. The first-order chi connectivity index (χ1) is 12.8. The maximum absolute atomic E-state index is 12.4. The van der Waals surface area contributed by atoms with Crippen LogP contribution in [0, 0.1) is 0 Å². The van der Waals surface area contributed by atoms with Gasteiger partial charge in [-0.3, -0.25) is 19.3 Å². The lowest BCUT2D eigenvalue weighted by Crippen LogP contribution is -2.57. The molecule has 3 rings (SSSR count). The smallest absolute Gasteiger partial charge is 0.352 e. The summed E-state index contributed by atoms with van der Waals surface area (Å²) < 4.78 is 4.94. The van der Waals surface area contributed by atoms with Crippen molar-refractivity contribution < 1.29 is 29.0 Å². The van der Waals surface area contributed by atoms with Crippen LogP contribution in [0.15, 0.2) is 35.5 Å². The Morgan fingerprint density at radius 1 is 1.30 bits per heavy atom. The van der Waals surface area contributed by atoms with Crippen LogP contribution in [0.25, 0.3) is 0 Å². The van der Waals surface area contributed by atoms with E-state index in [0.29, 0.717) is 11.3 Å². The van der Waals surface area contributed by atoms with Crippen LogP contribution in [0.2, 0.25) is 0 Å². The second kappa shape index (κ2) is 7.43. The highest BCUT2D eigenvalue weighted by atomic mass is 32.2. The minimum Gasteiger partial charge on any atom is -0.477 e. The third-order valence-electron chi connectivity index (χ3n) is 4.25. The number of carbonyl (C=O) groups excluding carboxylic acids is 3. The van der Waals surface area contributed by atoms with Crippen LogP contribution in [0.5, 0.6) is 5.75 Å². The van der Waals surface area contributed by atoms with Crippen LogP contribution < -0.4 is 10.1 Å². The average Bonchev–Trinajstić information content (AvgIpc) is 2.58. The van der Waals surface area contributed by atoms with E-state index < -0.39 is 17.3 Å². The number of esters is 1. The second-order valence-corrected chi connectivity index (χ2v) is 7.55. The monoisotopic (exact) mass is 390 g/mol. The number of hydrogen-bond acceptors (Lipinski definition) is 6. The number of β-lactam (4-membered cyclic amide) rings is 1. The molecule has 1 aromatic rings. The van der Waals surface area contributed by atoms with Crippen LogP contribution in [0.4, 0.5) is 0 Å². The lowest BCUT2D eigenvalue weighted by atomic mass is 10.1. The molecule has 0 aromatic heterocycles. The SMILES string of the molecule is CC(=O)Oc1ccc(CC(=O)NC2S[C@@H]3CC(=O)N3C(C(=O)O)=C2C)cc1. The molecule has 0 saturated carbocycles. The van der Waals surface area contributed by atoms with Gasteiger partial charge in [0.2, 0.25) is 11.8 Å². The molecule has 142 valence electrons. The van der Waals surface area contributed by atoms with Crippen LogP contribution in [-0.4, -0.2) is 44.5 Å². The maximum Gasteiger partial charge on any atom is 0.352 e. The predicted molar refractivity (Wildman–Crippen MR) is 96.6 cm³/mol. The Labute approximate surface area is 159 Å². The fourth-order valence-corrected chi connectivity index (χ4v) is 4.39. The topological polar surface area (TPSA) is 113 Å². The number of hydrogen-bond donors (Lipinski definition) is 2. The van der Waals surface area contributed by atoms with Crippen molar-refractivity contribution in [1.29, 1.82) is 0 Å². The molecule has 8 nitrogen and oxygen atoms in total. The standard InChI is InChI=1S/C18H18N2O6S/c1-9-16(18(24)25)20-14(23)8-15(20)27-17(9)19-13(22)7-11-3-5-12(6-4-11)26-10(2)21/h3-6,15,17H,7-8H2,1-2H3,(H,19,22)(H,24,25)/t15-,17?/m1/s1. The van der Waals surface area contributed by atoms with E-state index in [-0.39, 0.29) is 35.7 Å². The van der Waals surface area contributed by atoms with E-state index >= 15 is 0 Å². The molecule has 27 heavy (non-hydrogen) atoms. The quantitative estimate of drug-likeness (QED) is 0.442. The van der Waals surface area contributed by atoms with Gasteiger partial charge in [0.25, 0.3) is 0 Å². The van der Waals surface area contributed by atoms with Gasteiger partial charge in [-0.25, -0.2) is 4.79 Å². The molecule has 2 N–H and O–H groups in total. The fourth-order valence-electron chi connectivity index (χ4n) is 2.98. The zero-order chi connectivity index (χ0) is 19.7. The number of amides is 2. The first kappa shape index (κ1) is 19.0. The summed E-state index contributed by atoms with van der Waals surface area (Å²) in [5.41, 5.74) is 1.12. The molecule has 0 radical (unpaired) electrons. The number of nitrogens with zero attached hydrogens (tertiary/aromatic N) is 1. The fraction of sp³-hybridized carbons (Fsp3) is 0.333. The van der Waals surface area contributed by atoms with Gasteiger partial charge < -0.3 is 15.2 Å². The van der Waals surface area contributed by atoms with Gasteiger partial charge >= 0.3 is 11.9 Å². The molecule has 2 amide bonds. The summed E-state index contributed by atoms with van der Waals surface area (Å²) in [5.74, 6) is -1.69. The van der Waals surface area contributed by atoms with Crippen LogP contribution in [-0.2, 0) is 25.6 Å². The van der Waals surface area contributed by atoms with E-state index in [1.165, 1.54) is 23.6 Å². The average molecular weight is 390 g/mol. The molecular weight excluding hydrogens is 372 g/mol. The van der Waals surface area contributed by atoms with E-state index in [1.54, 1.807) is 31.2 Å². The molecule has 1 aromatic carbocycles. The molecule has 2 atom stereocenters. The van der Waals surface area contributed by atoms with Crippen molar-refractivity contribution in [3.63, 3.8) is 0 Å². The molecule has 0 aliphatic carbocycles. The van der Waals surface area contributed by atoms with E-state index in [9.17, 15) is 24.3 Å². The number of fused-ring (bicyclic) bond motifs is 1. The summed E-state index contributed by atoms with van der Waals surface area (Å²) >= 11 is 1.36. The summed E-state index contributed by atoms with van der Waals surface area (Å²) in [6, 6.07) is 6.57. The summed E-state index contributed by atoms with van der Waals surface area (Å²) in [6.07, 6.45) is 0.360. The zero-order valence-corrected chi connectivity index (χ0v) is 15.5. The number of nitrogens with one attached hydrogen (secondary N) is 1. The van der Waals surface area contributed by atoms with Crippen LogP contribution >= 0.6 is 11.8 Å². The summed E-state index contributed by atoms with van der Waals surface area (Å²) in [6.45, 7) is 2.92. The summed E-state index contributed by atoms with van der Waals surface area (Å²) in [4.78, 5) is 47.8. The Hall–Kier alpha value is -2.81. The minimum absolute atomic E-state index is 0.0500. The van der Waals surface area contributed by atoms with Gasteiger partial charge in [0, 0.05) is 6.92 Å². The largest absolute Gasteiger partial charge is 0.477 e. The number of benzene rings is 1. The van der Waals surface area contributed by atoms with Crippen molar-refractivity contribution in [1.82, 2.24) is 10.2 Å². The number of carbonyl (C=O) groups is 4. The lowest BCUT2D eigenvalue weighted by Gasteiger charge is -2.46. The highest BCUT2D eigenvalue weighted by molar-refractivity contribution is 8.00. The first-order valence-electron chi connectivity index (χ1n) is 8.24. The van der Waals surface area contributed by atoms with Gasteiger partial charge in [-0.1, -0.05) is 12.1 Å². The van der Waals surface area contributed by atoms with Crippen molar-refractivity contribution in [2.24, 2.45) is 0 Å². The lowest BCUT2D eigenvalue weighted by molar-refractivity contribution is -0.146. The number of carboxylic acid groups (broad SMARTS) is 1. The highest BCUT2D eigenvalue weighted by Crippen LogP contribution is 2.42. The van der Waals surface area contributed by atoms with Crippen molar-refractivity contribution in [3.8, 4) is 5.75 Å². The minimum atomic E-state index is -1.17. The zero-order valence-electron chi connectivity index (χ0n) is 14.7. The third kappa shape index (κ3) is 3.97. The van der Waals surface area contributed by atoms with Crippen LogP contribution in [0.3, 0.4) is 0 Å². The highest BCUT2D eigenvalue weighted by Gasteiger charge is 2.47. The van der Waals surface area contributed by atoms with Gasteiger partial charge in [0.1, 0.15) is 16.8 Å². The molecular formula is C18H18N2O6S. The number of ether oxygens (including phenoxy) is 1. The number of aliphatic carboxylic acids is 1. The van der Waals surface area contributed by atoms with Gasteiger partial charge in [0.15, 0.2) is 0 Å². The summed E-state index contributed by atoms with van der Waals surface area (Å²) in [7, 11) is 0. The number of thioether (sulfide) groups is 1. The molecule has 1 saturated heterocycles. The molecule has 0 spiro atoms. The van der Waals surface area contributed by atoms with Gasteiger partial charge in [-0.2, -0.15) is 0 Å². The van der Waals surface area contributed by atoms with Crippen molar-refractivity contribution in [3.05, 3.63) is 41.1 Å². The van der Waals surface area contributed by atoms with Crippen molar-refractivity contribution >= 4 is 35.5 Å². The van der Waals surface area contributed by atoms with Crippen LogP contribution in [0.1, 0.15) is 25.8 Å². The first-order valence-corrected chi connectivity index (χ1v) is 9.19. The Bertz CT molecular complexity index is 848. The molecule has 2 heterocycles. The van der Waals surface area contributed by atoms with E-state index in [2.05, 4.69) is 5.32 Å². The van der Waals surface area contributed by atoms with Crippen molar-refractivity contribution in [2.75, 3.05) is 0 Å². The number of carboxylic acids is 1. The Kier molecular flexibility index (Phi) is 5.22. The Balaban J connectivity index is 1.67. The Morgan fingerprint density at radius 2 is 1.96 bits per heavy atom. The van der Waals surface area contributed by atoms with Gasteiger partial charge in [0.05, 0.1) is 18.2 Å². The molecule has 1 fully saturated rings. The summed E-state index contributed by atoms with van der Waals surface area (Å²) in [5, 5.41) is 11.5. The van der Waals surface area contributed by atoms with E-state index in [1.807, 2.05) is 0 Å². The van der Waals surface area contributed by atoms with Gasteiger partial charge in [-0.05, 0) is 30.2 Å². The van der Waals surface area contributed by atoms with E-state index in [4.69, 9.17) is 4.74 Å². The maximum atomic E-state index is 12.4. The third-order valence-corrected chi connectivity index (χ3v) is 5.69. The molecule has 1 unspecified atom stereocenters. The number of rotatable bonds is 5. The van der Waals surface area contributed by atoms with E-state index in [0.717, 1.165) is 5.56 Å². The normalized spacial score (nSPS) is 21.3. The molecule has 2 aliphatic heterocycles. The Morgan fingerprint density at radius 3 is 2.52 bits per heavy atom. The van der Waals surface area contributed by atoms with Gasteiger partial charge in [-0.15, -0.1) is 11.8 Å². The van der Waals surface area contributed by atoms with Crippen molar-refractivity contribution in [2.45, 2.75) is 37.4 Å². The molecule has 2 aliphatic rings.